The fraction of sp³-hybridized carbons (Fsp3) is 0.545. The molecule has 4 heteroatoms. The van der Waals surface area contributed by atoms with Crippen LogP contribution < -0.4 is 0 Å². The first kappa shape index (κ1) is 11.3. The topological polar surface area (TPSA) is 26.3 Å². The highest BCUT2D eigenvalue weighted by Gasteiger charge is 2.37. The molecule has 2 heterocycles. The summed E-state index contributed by atoms with van der Waals surface area (Å²) in [5, 5.41) is 1.99. The second-order valence-electron chi connectivity index (χ2n) is 3.97. The number of carbonyl (C=O) groups is 1. The lowest BCUT2D eigenvalue weighted by Crippen LogP contribution is -2.35. The van der Waals surface area contributed by atoms with E-state index in [1.54, 1.807) is 11.3 Å². The van der Waals surface area contributed by atoms with E-state index in [1.807, 2.05) is 18.4 Å². The van der Waals surface area contributed by atoms with Crippen molar-refractivity contribution in [2.75, 3.05) is 6.61 Å². The minimum Gasteiger partial charge on any atom is -0.367 e. The summed E-state index contributed by atoms with van der Waals surface area (Å²) in [7, 11) is 0. The van der Waals surface area contributed by atoms with Crippen molar-refractivity contribution in [1.29, 1.82) is 0 Å². The van der Waals surface area contributed by atoms with Crippen molar-refractivity contribution < 1.29 is 9.53 Å². The Bertz CT molecular complexity index is 366. The molecule has 15 heavy (non-hydrogen) atoms. The van der Waals surface area contributed by atoms with Crippen LogP contribution in [0.1, 0.15) is 24.6 Å². The van der Waals surface area contributed by atoms with Gasteiger partial charge in [-0.05, 0) is 47.1 Å². The van der Waals surface area contributed by atoms with Crippen molar-refractivity contribution in [1.82, 2.24) is 0 Å². The summed E-state index contributed by atoms with van der Waals surface area (Å²) in [5.41, 5.74) is -0.538. The maximum absolute atomic E-state index is 12.0. The number of halogens is 1. The molecule has 1 saturated heterocycles. The Morgan fingerprint density at radius 2 is 2.53 bits per heavy atom. The summed E-state index contributed by atoms with van der Waals surface area (Å²) in [5.74, 6) is 0.197. The van der Waals surface area contributed by atoms with Crippen LogP contribution in [-0.2, 0) is 16.0 Å². The largest absolute Gasteiger partial charge is 0.367 e. The first-order valence-electron chi connectivity index (χ1n) is 5.01. The molecule has 2 nitrogen and oxygen atoms in total. The quantitative estimate of drug-likeness (QED) is 0.854. The zero-order chi connectivity index (χ0) is 10.9. The summed E-state index contributed by atoms with van der Waals surface area (Å²) >= 11 is 5.05. The first-order valence-corrected chi connectivity index (χ1v) is 6.68. The number of thiophene rings is 1. The van der Waals surface area contributed by atoms with Crippen LogP contribution in [0, 0.1) is 0 Å². The van der Waals surface area contributed by atoms with Gasteiger partial charge in [0.2, 0.25) is 0 Å². The Labute approximate surface area is 102 Å². The van der Waals surface area contributed by atoms with E-state index >= 15 is 0 Å². The third kappa shape index (κ3) is 2.32. The highest BCUT2D eigenvalue weighted by Crippen LogP contribution is 2.30. The fourth-order valence-electron chi connectivity index (χ4n) is 1.78. The lowest BCUT2D eigenvalue weighted by molar-refractivity contribution is -0.136. The molecule has 1 aromatic rings. The lowest BCUT2D eigenvalue weighted by atomic mass is 9.95. The average molecular weight is 289 g/mol. The summed E-state index contributed by atoms with van der Waals surface area (Å²) in [4.78, 5) is 13.1. The van der Waals surface area contributed by atoms with Crippen LogP contribution in [0.25, 0.3) is 0 Å². The second-order valence-corrected chi connectivity index (χ2v) is 5.83. The van der Waals surface area contributed by atoms with Gasteiger partial charge < -0.3 is 4.74 Å². The number of rotatable bonds is 3. The molecule has 1 aliphatic rings. The van der Waals surface area contributed by atoms with Crippen molar-refractivity contribution in [2.24, 2.45) is 0 Å². The maximum atomic E-state index is 12.0. The standard InChI is InChI=1S/C11H13BrO2S/c1-11(4-2-5-14-11)10(13)7-9-8(12)3-6-15-9/h3,6H,2,4-5,7H2,1H3. The highest BCUT2D eigenvalue weighted by atomic mass is 79.9. The van der Waals surface area contributed by atoms with Crippen LogP contribution in [0.3, 0.4) is 0 Å². The predicted octanol–water partition coefficient (Wildman–Crippen LogP) is 3.19. The van der Waals surface area contributed by atoms with Gasteiger partial charge in [-0.1, -0.05) is 0 Å². The van der Waals surface area contributed by atoms with Crippen LogP contribution in [0.4, 0.5) is 0 Å². The molecule has 0 saturated carbocycles. The molecule has 1 fully saturated rings. The van der Waals surface area contributed by atoms with Gasteiger partial charge in [0.1, 0.15) is 5.60 Å². The molecule has 1 aliphatic heterocycles. The van der Waals surface area contributed by atoms with Crippen LogP contribution in [0.15, 0.2) is 15.9 Å². The van der Waals surface area contributed by atoms with Gasteiger partial charge in [-0.2, -0.15) is 0 Å². The van der Waals surface area contributed by atoms with Gasteiger partial charge in [-0.25, -0.2) is 0 Å². The molecule has 0 spiro atoms. The molecular weight excluding hydrogens is 276 g/mol. The molecule has 1 unspecified atom stereocenters. The van der Waals surface area contributed by atoms with E-state index in [2.05, 4.69) is 15.9 Å². The molecule has 2 rings (SSSR count). The normalized spacial score (nSPS) is 25.7. The number of hydrogen-bond donors (Lipinski definition) is 0. The van der Waals surface area contributed by atoms with Crippen molar-refractivity contribution in [3.05, 3.63) is 20.8 Å². The van der Waals surface area contributed by atoms with Crippen molar-refractivity contribution >= 4 is 33.0 Å². The molecule has 0 N–H and O–H groups in total. The SMILES string of the molecule is CC1(C(=O)Cc2sccc2Br)CCCO1. The second kappa shape index (κ2) is 4.36. The smallest absolute Gasteiger partial charge is 0.169 e. The number of carbonyl (C=O) groups excluding carboxylic acids is 1. The number of Topliss-reactive ketones (excluding diaryl/α,β-unsaturated/α-hetero) is 1. The van der Waals surface area contributed by atoms with E-state index in [0.717, 1.165) is 22.2 Å². The van der Waals surface area contributed by atoms with E-state index < -0.39 is 5.60 Å². The van der Waals surface area contributed by atoms with Crippen LogP contribution >= 0.6 is 27.3 Å². The molecule has 0 aromatic carbocycles. The maximum Gasteiger partial charge on any atom is 0.169 e. The lowest BCUT2D eigenvalue weighted by Gasteiger charge is -2.20. The Morgan fingerprint density at radius 3 is 3.07 bits per heavy atom. The Hall–Kier alpha value is -0.190. The average Bonchev–Trinajstić information content (AvgIpc) is 2.78. The van der Waals surface area contributed by atoms with E-state index in [1.165, 1.54) is 0 Å². The third-order valence-corrected chi connectivity index (χ3v) is 4.75. The zero-order valence-electron chi connectivity index (χ0n) is 8.59. The third-order valence-electron chi connectivity index (χ3n) is 2.82. The van der Waals surface area contributed by atoms with Crippen molar-refractivity contribution in [3.63, 3.8) is 0 Å². The highest BCUT2D eigenvalue weighted by molar-refractivity contribution is 9.10. The number of ketones is 1. The predicted molar refractivity (Wildman–Crippen MR) is 64.3 cm³/mol. The zero-order valence-corrected chi connectivity index (χ0v) is 11.0. The van der Waals surface area contributed by atoms with E-state index in [9.17, 15) is 4.79 Å². The van der Waals surface area contributed by atoms with Crippen LogP contribution in [-0.4, -0.2) is 18.0 Å². The number of ether oxygens (including phenoxy) is 1. The fourth-order valence-corrected chi connectivity index (χ4v) is 3.27. The Morgan fingerprint density at radius 1 is 1.73 bits per heavy atom. The monoisotopic (exact) mass is 288 g/mol. The summed E-state index contributed by atoms with van der Waals surface area (Å²) in [6.07, 6.45) is 2.33. The van der Waals surface area contributed by atoms with Gasteiger partial charge in [0.25, 0.3) is 0 Å². The van der Waals surface area contributed by atoms with Crippen LogP contribution in [0.2, 0.25) is 0 Å². The number of hydrogen-bond acceptors (Lipinski definition) is 3. The molecular formula is C11H13BrO2S. The van der Waals surface area contributed by atoms with Gasteiger partial charge in [0.05, 0.1) is 0 Å². The van der Waals surface area contributed by atoms with E-state index in [4.69, 9.17) is 4.74 Å². The minimum absolute atomic E-state index is 0.197. The van der Waals surface area contributed by atoms with Crippen molar-refractivity contribution in [3.8, 4) is 0 Å². The van der Waals surface area contributed by atoms with Crippen molar-refractivity contribution in [2.45, 2.75) is 31.8 Å². The van der Waals surface area contributed by atoms with E-state index in [-0.39, 0.29) is 5.78 Å². The summed E-state index contributed by atoms with van der Waals surface area (Å²) < 4.78 is 6.56. The molecule has 0 bridgehead atoms. The Balaban J connectivity index is 2.07. The molecule has 0 amide bonds. The van der Waals surface area contributed by atoms with Gasteiger partial charge in [-0.3, -0.25) is 4.79 Å². The summed E-state index contributed by atoms with van der Waals surface area (Å²) in [6.45, 7) is 2.62. The molecule has 1 atom stereocenters. The van der Waals surface area contributed by atoms with Gasteiger partial charge in [-0.15, -0.1) is 11.3 Å². The van der Waals surface area contributed by atoms with Crippen LogP contribution in [0.5, 0.6) is 0 Å². The Kier molecular flexibility index (Phi) is 3.28. The molecule has 82 valence electrons. The first-order chi connectivity index (χ1) is 7.12. The van der Waals surface area contributed by atoms with Gasteiger partial charge in [0, 0.05) is 22.4 Å². The van der Waals surface area contributed by atoms with Gasteiger partial charge in [0.15, 0.2) is 5.78 Å². The summed E-state index contributed by atoms with van der Waals surface area (Å²) in [6, 6.07) is 1.98. The van der Waals surface area contributed by atoms with Gasteiger partial charge >= 0.3 is 0 Å². The minimum atomic E-state index is -0.538. The molecule has 0 aliphatic carbocycles. The molecule has 1 aromatic heterocycles. The molecule has 0 radical (unpaired) electrons. The van der Waals surface area contributed by atoms with E-state index in [0.29, 0.717) is 13.0 Å².